The van der Waals surface area contributed by atoms with Gasteiger partial charge in [0.05, 0.1) is 22.8 Å². The molecule has 112 valence electrons. The van der Waals surface area contributed by atoms with Crippen molar-refractivity contribution in [2.24, 2.45) is 7.05 Å². The monoisotopic (exact) mass is 297 g/mol. The minimum absolute atomic E-state index is 0.200. The van der Waals surface area contributed by atoms with Gasteiger partial charge in [-0.2, -0.15) is 5.10 Å². The first kappa shape index (κ1) is 13.9. The van der Waals surface area contributed by atoms with Gasteiger partial charge in [0.1, 0.15) is 6.33 Å². The van der Waals surface area contributed by atoms with Crippen LogP contribution in [0.2, 0.25) is 0 Å². The number of tetrazole rings is 1. The van der Waals surface area contributed by atoms with Crippen LogP contribution in [0.1, 0.15) is 21.7 Å². The maximum absolute atomic E-state index is 12.4. The Hall–Kier alpha value is -3.03. The standard InChI is InChI=1S/C14H15N7O/c1-9-13(10(2)20(3)17-9)16-14(22)11-5-4-6-12(7-11)21-8-15-18-19-21/h4-8H,1-3H3,(H,16,22). The molecule has 2 heterocycles. The Balaban J connectivity index is 1.88. The van der Waals surface area contributed by atoms with Gasteiger partial charge in [0, 0.05) is 12.6 Å². The van der Waals surface area contributed by atoms with Crippen molar-refractivity contribution in [1.82, 2.24) is 30.0 Å². The topological polar surface area (TPSA) is 90.5 Å². The summed E-state index contributed by atoms with van der Waals surface area (Å²) < 4.78 is 3.24. The van der Waals surface area contributed by atoms with Crippen LogP contribution in [0, 0.1) is 13.8 Å². The molecular formula is C14H15N7O. The normalized spacial score (nSPS) is 10.7. The molecule has 0 bridgehead atoms. The quantitative estimate of drug-likeness (QED) is 0.786. The molecule has 0 radical (unpaired) electrons. The minimum Gasteiger partial charge on any atom is -0.319 e. The average molecular weight is 297 g/mol. The second-order valence-electron chi connectivity index (χ2n) is 4.93. The van der Waals surface area contributed by atoms with Crippen LogP contribution >= 0.6 is 0 Å². The molecule has 3 aromatic rings. The Kier molecular flexibility index (Phi) is 3.42. The zero-order valence-electron chi connectivity index (χ0n) is 12.5. The summed E-state index contributed by atoms with van der Waals surface area (Å²) in [6.45, 7) is 3.77. The van der Waals surface area contributed by atoms with Gasteiger partial charge in [-0.3, -0.25) is 9.48 Å². The van der Waals surface area contributed by atoms with Crippen LogP contribution in [0.3, 0.4) is 0 Å². The number of carbonyl (C=O) groups excluding carboxylic acids is 1. The van der Waals surface area contributed by atoms with Gasteiger partial charge in [0.15, 0.2) is 0 Å². The van der Waals surface area contributed by atoms with Crippen molar-refractivity contribution in [2.45, 2.75) is 13.8 Å². The summed E-state index contributed by atoms with van der Waals surface area (Å²) in [7, 11) is 1.84. The first-order chi connectivity index (χ1) is 10.6. The van der Waals surface area contributed by atoms with E-state index in [1.54, 1.807) is 22.9 Å². The molecule has 1 N–H and O–H groups in total. The number of nitrogens with zero attached hydrogens (tertiary/aromatic N) is 6. The van der Waals surface area contributed by atoms with Crippen molar-refractivity contribution in [2.75, 3.05) is 5.32 Å². The number of benzene rings is 1. The molecule has 1 aromatic carbocycles. The lowest BCUT2D eigenvalue weighted by Crippen LogP contribution is -2.13. The van der Waals surface area contributed by atoms with Crippen molar-refractivity contribution in [3.8, 4) is 5.69 Å². The van der Waals surface area contributed by atoms with Crippen LogP contribution in [-0.2, 0) is 7.05 Å². The number of rotatable bonds is 3. The first-order valence-corrected chi connectivity index (χ1v) is 6.71. The molecule has 22 heavy (non-hydrogen) atoms. The van der Waals surface area contributed by atoms with Gasteiger partial charge in [0.25, 0.3) is 5.91 Å². The van der Waals surface area contributed by atoms with E-state index in [9.17, 15) is 4.79 Å². The van der Waals surface area contributed by atoms with E-state index in [0.717, 1.165) is 22.8 Å². The molecule has 2 aromatic heterocycles. The fourth-order valence-corrected chi connectivity index (χ4v) is 2.21. The summed E-state index contributed by atoms with van der Waals surface area (Å²) in [5.74, 6) is -0.200. The summed E-state index contributed by atoms with van der Waals surface area (Å²) in [4.78, 5) is 12.4. The molecule has 8 heteroatoms. The van der Waals surface area contributed by atoms with E-state index in [-0.39, 0.29) is 5.91 Å². The zero-order chi connectivity index (χ0) is 15.7. The number of nitrogens with one attached hydrogen (secondary N) is 1. The van der Waals surface area contributed by atoms with E-state index in [4.69, 9.17) is 0 Å². The highest BCUT2D eigenvalue weighted by atomic mass is 16.1. The number of anilines is 1. The minimum atomic E-state index is -0.200. The van der Waals surface area contributed by atoms with Gasteiger partial charge < -0.3 is 5.32 Å². The maximum atomic E-state index is 12.4. The van der Waals surface area contributed by atoms with Crippen molar-refractivity contribution in [3.63, 3.8) is 0 Å². The number of carbonyl (C=O) groups is 1. The highest BCUT2D eigenvalue weighted by molar-refractivity contribution is 6.05. The summed E-state index contributed by atoms with van der Waals surface area (Å²) in [6.07, 6.45) is 1.48. The third-order valence-corrected chi connectivity index (χ3v) is 3.47. The fraction of sp³-hybridized carbons (Fsp3) is 0.214. The molecule has 0 fully saturated rings. The molecule has 0 spiro atoms. The molecule has 0 aliphatic rings. The number of hydrogen-bond acceptors (Lipinski definition) is 5. The lowest BCUT2D eigenvalue weighted by Gasteiger charge is -2.07. The van der Waals surface area contributed by atoms with Crippen LogP contribution in [0.15, 0.2) is 30.6 Å². The number of aromatic nitrogens is 6. The molecule has 0 saturated carbocycles. The predicted octanol–water partition coefficient (Wildman–Crippen LogP) is 1.26. The van der Waals surface area contributed by atoms with Gasteiger partial charge in [-0.1, -0.05) is 6.07 Å². The van der Waals surface area contributed by atoms with Crippen LogP contribution in [0.25, 0.3) is 5.69 Å². The molecule has 0 atom stereocenters. The second-order valence-corrected chi connectivity index (χ2v) is 4.93. The molecule has 0 unspecified atom stereocenters. The van der Waals surface area contributed by atoms with E-state index in [1.807, 2.05) is 27.0 Å². The third-order valence-electron chi connectivity index (χ3n) is 3.47. The Morgan fingerprint density at radius 1 is 1.27 bits per heavy atom. The van der Waals surface area contributed by atoms with Crippen molar-refractivity contribution >= 4 is 11.6 Å². The van der Waals surface area contributed by atoms with Gasteiger partial charge in [-0.15, -0.1) is 5.10 Å². The third kappa shape index (κ3) is 2.46. The average Bonchev–Trinajstić information content (AvgIpc) is 3.12. The summed E-state index contributed by atoms with van der Waals surface area (Å²) >= 11 is 0. The predicted molar refractivity (Wildman–Crippen MR) is 79.8 cm³/mol. The molecule has 1 amide bonds. The van der Waals surface area contributed by atoms with E-state index in [0.29, 0.717) is 5.56 Å². The molecule has 3 rings (SSSR count). The van der Waals surface area contributed by atoms with Gasteiger partial charge >= 0.3 is 0 Å². The Bertz CT molecular complexity index is 820. The van der Waals surface area contributed by atoms with E-state index in [2.05, 4.69) is 25.9 Å². The Labute approximate surface area is 126 Å². The van der Waals surface area contributed by atoms with Gasteiger partial charge in [0.2, 0.25) is 0 Å². The van der Waals surface area contributed by atoms with Crippen LogP contribution in [-0.4, -0.2) is 35.9 Å². The smallest absolute Gasteiger partial charge is 0.255 e. The molecule has 8 nitrogen and oxygen atoms in total. The Morgan fingerprint density at radius 2 is 2.09 bits per heavy atom. The number of hydrogen-bond donors (Lipinski definition) is 1. The molecular weight excluding hydrogens is 282 g/mol. The lowest BCUT2D eigenvalue weighted by atomic mass is 10.2. The maximum Gasteiger partial charge on any atom is 0.255 e. The SMILES string of the molecule is Cc1nn(C)c(C)c1NC(=O)c1cccc(-n2cnnn2)c1. The molecule has 0 saturated heterocycles. The number of amides is 1. The highest BCUT2D eigenvalue weighted by Gasteiger charge is 2.14. The number of aryl methyl sites for hydroxylation is 2. The molecule has 0 aliphatic carbocycles. The van der Waals surface area contributed by atoms with Crippen molar-refractivity contribution < 1.29 is 4.79 Å². The summed E-state index contributed by atoms with van der Waals surface area (Å²) in [5, 5.41) is 18.2. The highest BCUT2D eigenvalue weighted by Crippen LogP contribution is 2.19. The summed E-state index contributed by atoms with van der Waals surface area (Å²) in [5.41, 5.74) is 3.67. The first-order valence-electron chi connectivity index (χ1n) is 6.71. The lowest BCUT2D eigenvalue weighted by molar-refractivity contribution is 0.102. The van der Waals surface area contributed by atoms with E-state index < -0.39 is 0 Å². The summed E-state index contributed by atoms with van der Waals surface area (Å²) in [6, 6.07) is 7.08. The van der Waals surface area contributed by atoms with E-state index >= 15 is 0 Å². The Morgan fingerprint density at radius 3 is 2.73 bits per heavy atom. The van der Waals surface area contributed by atoms with Crippen LogP contribution in [0.5, 0.6) is 0 Å². The zero-order valence-corrected chi connectivity index (χ0v) is 12.5. The van der Waals surface area contributed by atoms with Crippen LogP contribution in [0.4, 0.5) is 5.69 Å². The van der Waals surface area contributed by atoms with Gasteiger partial charge in [-0.05, 0) is 42.5 Å². The van der Waals surface area contributed by atoms with Gasteiger partial charge in [-0.25, -0.2) is 4.68 Å². The fourth-order valence-electron chi connectivity index (χ4n) is 2.21. The largest absolute Gasteiger partial charge is 0.319 e. The van der Waals surface area contributed by atoms with Crippen molar-refractivity contribution in [3.05, 3.63) is 47.5 Å². The molecule has 0 aliphatic heterocycles. The van der Waals surface area contributed by atoms with Crippen molar-refractivity contribution in [1.29, 1.82) is 0 Å². The second kappa shape index (κ2) is 5.40. The van der Waals surface area contributed by atoms with E-state index in [1.165, 1.54) is 11.0 Å². The van der Waals surface area contributed by atoms with Crippen LogP contribution < -0.4 is 5.32 Å².